The van der Waals surface area contributed by atoms with E-state index in [1.54, 1.807) is 6.07 Å². The van der Waals surface area contributed by atoms with E-state index in [2.05, 4.69) is 15.1 Å². The molecule has 1 atom stereocenters. The number of rotatable bonds is 3. The van der Waals surface area contributed by atoms with Gasteiger partial charge >= 0.3 is 0 Å². The van der Waals surface area contributed by atoms with Crippen LogP contribution in [0.4, 0.5) is 5.82 Å². The molecule has 1 fully saturated rings. The summed E-state index contributed by atoms with van der Waals surface area (Å²) in [5.41, 5.74) is 0. The van der Waals surface area contributed by atoms with Crippen LogP contribution in [0, 0.1) is 5.92 Å². The van der Waals surface area contributed by atoms with Gasteiger partial charge in [-0.2, -0.15) is 0 Å². The fraction of sp³-hybridized carbons (Fsp3) is 0.667. The Morgan fingerprint density at radius 1 is 1.24 bits per heavy atom. The maximum atomic E-state index is 5.81. The first-order valence-electron chi connectivity index (χ1n) is 6.09. The highest BCUT2D eigenvalue weighted by Gasteiger charge is 2.17. The molecule has 0 N–H and O–H groups in total. The Labute approximate surface area is 112 Å². The third kappa shape index (κ3) is 3.71. The molecule has 0 aliphatic carbocycles. The molecule has 17 heavy (non-hydrogen) atoms. The molecule has 5 heteroatoms. The van der Waals surface area contributed by atoms with Gasteiger partial charge in [-0.3, -0.25) is 0 Å². The fourth-order valence-electron chi connectivity index (χ4n) is 2.32. The van der Waals surface area contributed by atoms with Crippen LogP contribution >= 0.6 is 23.2 Å². The largest absolute Gasteiger partial charge is 0.355 e. The molecule has 2 rings (SSSR count). The van der Waals surface area contributed by atoms with Gasteiger partial charge in [-0.25, -0.2) is 0 Å². The van der Waals surface area contributed by atoms with Crippen LogP contribution in [0.3, 0.4) is 0 Å². The summed E-state index contributed by atoms with van der Waals surface area (Å²) >= 11 is 11.5. The third-order valence-corrected chi connectivity index (χ3v) is 3.73. The molecular weight excluding hydrogens is 257 g/mol. The Bertz CT molecular complexity index is 342. The summed E-state index contributed by atoms with van der Waals surface area (Å²) in [5, 5.41) is 8.47. The molecule has 0 aromatic carbocycles. The number of halogens is 2. The molecule has 0 amide bonds. The molecule has 0 saturated carbocycles. The molecule has 94 valence electrons. The fourth-order valence-corrected chi connectivity index (χ4v) is 2.72. The van der Waals surface area contributed by atoms with Crippen molar-refractivity contribution in [1.82, 2.24) is 10.2 Å². The molecule has 1 aliphatic heterocycles. The molecule has 1 saturated heterocycles. The van der Waals surface area contributed by atoms with Crippen LogP contribution < -0.4 is 4.90 Å². The maximum Gasteiger partial charge on any atom is 0.151 e. The lowest BCUT2D eigenvalue weighted by Gasteiger charge is -2.20. The van der Waals surface area contributed by atoms with Crippen LogP contribution in [0.5, 0.6) is 0 Å². The van der Waals surface area contributed by atoms with Crippen molar-refractivity contribution in [3.8, 4) is 0 Å². The zero-order chi connectivity index (χ0) is 12.1. The zero-order valence-electron chi connectivity index (χ0n) is 9.78. The number of aromatic nitrogens is 2. The summed E-state index contributed by atoms with van der Waals surface area (Å²) in [6.07, 6.45) is 4.79. The molecule has 3 nitrogen and oxygen atoms in total. The first-order chi connectivity index (χ1) is 8.29. The van der Waals surface area contributed by atoms with Crippen molar-refractivity contribution in [1.29, 1.82) is 0 Å². The van der Waals surface area contributed by atoms with Crippen LogP contribution in [0.15, 0.2) is 12.1 Å². The predicted molar refractivity (Wildman–Crippen MR) is 71.9 cm³/mol. The quantitative estimate of drug-likeness (QED) is 0.791. The lowest BCUT2D eigenvalue weighted by Crippen LogP contribution is -2.25. The topological polar surface area (TPSA) is 29.0 Å². The Kier molecular flexibility index (Phi) is 4.86. The van der Waals surface area contributed by atoms with Crippen LogP contribution in [0.1, 0.15) is 25.7 Å². The molecule has 1 aliphatic rings. The maximum absolute atomic E-state index is 5.81. The Morgan fingerprint density at radius 3 is 2.82 bits per heavy atom. The van der Waals surface area contributed by atoms with Crippen molar-refractivity contribution < 1.29 is 0 Å². The van der Waals surface area contributed by atoms with Gasteiger partial charge in [0, 0.05) is 19.0 Å². The Hall–Kier alpha value is -0.540. The summed E-state index contributed by atoms with van der Waals surface area (Å²) < 4.78 is 0. The average Bonchev–Trinajstić information content (AvgIpc) is 2.56. The van der Waals surface area contributed by atoms with E-state index in [0.717, 1.165) is 37.1 Å². The van der Waals surface area contributed by atoms with E-state index >= 15 is 0 Å². The van der Waals surface area contributed by atoms with Gasteiger partial charge in [0.25, 0.3) is 0 Å². The monoisotopic (exact) mass is 273 g/mol. The van der Waals surface area contributed by atoms with Gasteiger partial charge < -0.3 is 4.90 Å². The van der Waals surface area contributed by atoms with E-state index in [9.17, 15) is 0 Å². The summed E-state index contributed by atoms with van der Waals surface area (Å²) in [6, 6.07) is 3.74. The first-order valence-corrected chi connectivity index (χ1v) is 7.01. The zero-order valence-corrected chi connectivity index (χ0v) is 11.3. The van der Waals surface area contributed by atoms with Gasteiger partial charge in [0.15, 0.2) is 11.0 Å². The SMILES string of the molecule is ClCCC1CCCN(c2ccc(Cl)nn2)CC1. The molecule has 1 aromatic heterocycles. The van der Waals surface area contributed by atoms with Crippen LogP contribution in [-0.4, -0.2) is 29.2 Å². The summed E-state index contributed by atoms with van der Waals surface area (Å²) in [4.78, 5) is 2.29. The highest BCUT2D eigenvalue weighted by atomic mass is 35.5. The Balaban J connectivity index is 1.96. The van der Waals surface area contributed by atoms with E-state index in [1.807, 2.05) is 6.07 Å². The molecule has 1 unspecified atom stereocenters. The number of hydrogen-bond donors (Lipinski definition) is 0. The second-order valence-corrected chi connectivity index (χ2v) is 5.24. The van der Waals surface area contributed by atoms with Gasteiger partial charge in [-0.05, 0) is 43.7 Å². The van der Waals surface area contributed by atoms with Gasteiger partial charge in [0.1, 0.15) is 0 Å². The Morgan fingerprint density at radius 2 is 2.12 bits per heavy atom. The number of hydrogen-bond acceptors (Lipinski definition) is 3. The average molecular weight is 274 g/mol. The van der Waals surface area contributed by atoms with Gasteiger partial charge in [0.2, 0.25) is 0 Å². The highest BCUT2D eigenvalue weighted by Crippen LogP contribution is 2.23. The number of anilines is 1. The summed E-state index contributed by atoms with van der Waals surface area (Å²) in [6.45, 7) is 2.09. The van der Waals surface area contributed by atoms with E-state index < -0.39 is 0 Å². The van der Waals surface area contributed by atoms with Crippen molar-refractivity contribution in [2.24, 2.45) is 5.92 Å². The minimum atomic E-state index is 0.448. The highest BCUT2D eigenvalue weighted by molar-refractivity contribution is 6.29. The molecule has 0 bridgehead atoms. The lowest BCUT2D eigenvalue weighted by molar-refractivity contribution is 0.462. The van der Waals surface area contributed by atoms with Crippen LogP contribution in [0.2, 0.25) is 5.15 Å². The molecule has 2 heterocycles. The molecule has 0 spiro atoms. The second-order valence-electron chi connectivity index (χ2n) is 4.48. The van der Waals surface area contributed by atoms with Crippen molar-refractivity contribution in [3.05, 3.63) is 17.3 Å². The standard InChI is InChI=1S/C12H17Cl2N3/c13-7-5-10-2-1-8-17(9-6-10)12-4-3-11(14)15-16-12/h3-4,10H,1-2,5-9H2. The van der Waals surface area contributed by atoms with Crippen molar-refractivity contribution in [3.63, 3.8) is 0 Å². The molecule has 1 aromatic rings. The third-order valence-electron chi connectivity index (χ3n) is 3.31. The van der Waals surface area contributed by atoms with Crippen molar-refractivity contribution in [2.75, 3.05) is 23.9 Å². The van der Waals surface area contributed by atoms with Gasteiger partial charge in [0.05, 0.1) is 0 Å². The summed E-state index contributed by atoms with van der Waals surface area (Å²) in [7, 11) is 0. The van der Waals surface area contributed by atoms with E-state index in [-0.39, 0.29) is 0 Å². The van der Waals surface area contributed by atoms with E-state index in [4.69, 9.17) is 23.2 Å². The van der Waals surface area contributed by atoms with E-state index in [1.165, 1.54) is 19.3 Å². The van der Waals surface area contributed by atoms with Crippen LogP contribution in [-0.2, 0) is 0 Å². The lowest BCUT2D eigenvalue weighted by atomic mass is 9.98. The number of alkyl halides is 1. The van der Waals surface area contributed by atoms with E-state index in [0.29, 0.717) is 5.15 Å². The first kappa shape index (κ1) is 12.9. The summed E-state index contributed by atoms with van der Waals surface area (Å²) in [5.74, 6) is 2.46. The molecular formula is C12H17Cl2N3. The van der Waals surface area contributed by atoms with Crippen molar-refractivity contribution in [2.45, 2.75) is 25.7 Å². The smallest absolute Gasteiger partial charge is 0.151 e. The normalized spacial score (nSPS) is 21.3. The van der Waals surface area contributed by atoms with Gasteiger partial charge in [-0.1, -0.05) is 11.6 Å². The van der Waals surface area contributed by atoms with Crippen molar-refractivity contribution >= 4 is 29.0 Å². The van der Waals surface area contributed by atoms with Gasteiger partial charge in [-0.15, -0.1) is 21.8 Å². The minimum Gasteiger partial charge on any atom is -0.355 e. The molecule has 0 radical (unpaired) electrons. The number of nitrogens with zero attached hydrogens (tertiary/aromatic N) is 3. The second kappa shape index (κ2) is 6.41. The van der Waals surface area contributed by atoms with Crippen LogP contribution in [0.25, 0.3) is 0 Å². The minimum absolute atomic E-state index is 0.448. The predicted octanol–water partition coefficient (Wildman–Crippen LogP) is 3.37.